The van der Waals surface area contributed by atoms with Crippen LogP contribution in [0.3, 0.4) is 0 Å². The van der Waals surface area contributed by atoms with Gasteiger partial charge in [-0.05, 0) is 75.1 Å². The number of benzene rings is 1. The third-order valence-electron chi connectivity index (χ3n) is 5.29. The van der Waals surface area contributed by atoms with E-state index in [1.807, 2.05) is 0 Å². The van der Waals surface area contributed by atoms with Crippen LogP contribution < -0.4 is 9.47 Å². The smallest absolute Gasteiger partial charge is 0.314 e. The van der Waals surface area contributed by atoms with E-state index in [4.69, 9.17) is 21.1 Å². The molecule has 7 heteroatoms. The lowest BCUT2D eigenvalue weighted by molar-refractivity contribution is -0.141. The monoisotopic (exact) mass is 446 g/mol. The van der Waals surface area contributed by atoms with Crippen molar-refractivity contribution in [2.24, 2.45) is 11.8 Å². The molecule has 5 nitrogen and oxygen atoms in total. The predicted octanol–water partition coefficient (Wildman–Crippen LogP) is 5.61. The lowest BCUT2D eigenvalue weighted by atomic mass is 9.80. The van der Waals surface area contributed by atoms with Crippen LogP contribution in [0.15, 0.2) is 36.4 Å². The molecule has 0 atom stereocenters. The number of methoxy groups -OCH3 is 1. The minimum Gasteiger partial charge on any atom is -0.497 e. The van der Waals surface area contributed by atoms with Crippen molar-refractivity contribution in [3.63, 3.8) is 0 Å². The molecule has 1 aromatic heterocycles. The van der Waals surface area contributed by atoms with Crippen molar-refractivity contribution in [2.75, 3.05) is 7.11 Å². The van der Waals surface area contributed by atoms with E-state index >= 15 is 0 Å². The number of ether oxygens (including phenoxy) is 2. The number of esters is 1. The molecule has 0 saturated heterocycles. The number of thiophene rings is 1. The van der Waals surface area contributed by atoms with Gasteiger partial charge in [-0.3, -0.25) is 14.4 Å². The molecule has 1 fully saturated rings. The molecule has 0 N–H and O–H groups in total. The maximum atomic E-state index is 12.7. The van der Waals surface area contributed by atoms with Gasteiger partial charge >= 0.3 is 5.97 Å². The Morgan fingerprint density at radius 3 is 2.37 bits per heavy atom. The van der Waals surface area contributed by atoms with Crippen molar-refractivity contribution in [2.45, 2.75) is 32.6 Å². The second kappa shape index (κ2) is 10.0. The molecule has 0 aliphatic heterocycles. The van der Waals surface area contributed by atoms with Crippen LogP contribution in [0.4, 0.5) is 0 Å². The van der Waals surface area contributed by atoms with E-state index in [2.05, 4.69) is 0 Å². The Bertz CT molecular complexity index is 970. The molecule has 1 aromatic carbocycles. The first-order valence-electron chi connectivity index (χ1n) is 9.75. The molecule has 30 heavy (non-hydrogen) atoms. The first kappa shape index (κ1) is 22.2. The first-order chi connectivity index (χ1) is 14.4. The fourth-order valence-corrected chi connectivity index (χ4v) is 4.46. The summed E-state index contributed by atoms with van der Waals surface area (Å²) in [7, 11) is 1.54. The van der Waals surface area contributed by atoms with E-state index in [-0.39, 0.29) is 29.4 Å². The summed E-state index contributed by atoms with van der Waals surface area (Å²) in [6.45, 7) is 1.60. The summed E-state index contributed by atoms with van der Waals surface area (Å²) in [6.07, 6.45) is 5.73. The Labute approximate surface area is 184 Å². The maximum Gasteiger partial charge on any atom is 0.314 e. The van der Waals surface area contributed by atoms with Crippen LogP contribution in [-0.2, 0) is 9.59 Å². The Hall–Kier alpha value is -2.44. The number of ketones is 2. The highest BCUT2D eigenvalue weighted by molar-refractivity contribution is 7.18. The minimum atomic E-state index is -0.312. The fraction of sp³-hybridized carbons (Fsp3) is 0.348. The molecule has 158 valence electrons. The average molecular weight is 447 g/mol. The van der Waals surface area contributed by atoms with Crippen LogP contribution in [0.2, 0.25) is 4.34 Å². The average Bonchev–Trinajstić information content (AvgIpc) is 3.19. The summed E-state index contributed by atoms with van der Waals surface area (Å²) < 4.78 is 11.5. The normalized spacial score (nSPS) is 18.9. The fourth-order valence-electron chi connectivity index (χ4n) is 3.50. The highest BCUT2D eigenvalue weighted by Gasteiger charge is 2.29. The summed E-state index contributed by atoms with van der Waals surface area (Å²) >= 11 is 7.10. The van der Waals surface area contributed by atoms with Crippen molar-refractivity contribution in [3.05, 3.63) is 51.2 Å². The zero-order valence-corrected chi connectivity index (χ0v) is 18.4. The van der Waals surface area contributed by atoms with Gasteiger partial charge in [0.05, 0.1) is 22.2 Å². The van der Waals surface area contributed by atoms with Crippen LogP contribution in [0.25, 0.3) is 6.08 Å². The zero-order valence-electron chi connectivity index (χ0n) is 16.9. The topological polar surface area (TPSA) is 69.7 Å². The Kier molecular flexibility index (Phi) is 7.45. The van der Waals surface area contributed by atoms with Gasteiger partial charge in [-0.15, -0.1) is 11.3 Å². The quantitative estimate of drug-likeness (QED) is 0.239. The van der Waals surface area contributed by atoms with Crippen LogP contribution >= 0.6 is 22.9 Å². The number of hydrogen-bond acceptors (Lipinski definition) is 6. The SMILES string of the molecule is COc1ccc(OC(=O)C2CCC(C(C)=O)CC2)c(/C=C/C(=O)c2ccc(Cl)s2)c1. The van der Waals surface area contributed by atoms with Crippen molar-refractivity contribution >= 4 is 46.5 Å². The van der Waals surface area contributed by atoms with Gasteiger partial charge in [0, 0.05) is 11.5 Å². The van der Waals surface area contributed by atoms with Gasteiger partial charge < -0.3 is 9.47 Å². The largest absolute Gasteiger partial charge is 0.497 e. The van der Waals surface area contributed by atoms with Crippen molar-refractivity contribution in [1.82, 2.24) is 0 Å². The number of Topliss-reactive ketones (excluding diaryl/α,β-unsaturated/α-hetero) is 1. The second-order valence-corrected chi connectivity index (χ2v) is 9.00. The van der Waals surface area contributed by atoms with Crippen LogP contribution in [0, 0.1) is 11.8 Å². The minimum absolute atomic E-state index is 0.0466. The molecule has 0 unspecified atom stereocenters. The van der Waals surface area contributed by atoms with Gasteiger partial charge in [-0.1, -0.05) is 11.6 Å². The number of halogens is 1. The molecule has 1 saturated carbocycles. The van der Waals surface area contributed by atoms with E-state index in [9.17, 15) is 14.4 Å². The van der Waals surface area contributed by atoms with Crippen molar-refractivity contribution < 1.29 is 23.9 Å². The van der Waals surface area contributed by atoms with Crippen molar-refractivity contribution in [3.8, 4) is 11.5 Å². The van der Waals surface area contributed by atoms with Gasteiger partial charge in [0.15, 0.2) is 5.78 Å². The molecule has 0 spiro atoms. The Balaban J connectivity index is 1.73. The Morgan fingerprint density at radius 2 is 1.77 bits per heavy atom. The van der Waals surface area contributed by atoms with Gasteiger partial charge in [-0.2, -0.15) is 0 Å². The van der Waals surface area contributed by atoms with E-state index in [1.165, 1.54) is 17.4 Å². The Morgan fingerprint density at radius 1 is 1.07 bits per heavy atom. The zero-order chi connectivity index (χ0) is 21.7. The van der Waals surface area contributed by atoms with Gasteiger partial charge in [-0.25, -0.2) is 0 Å². The number of carbonyl (C=O) groups is 3. The lowest BCUT2D eigenvalue weighted by Gasteiger charge is -2.25. The summed E-state index contributed by atoms with van der Waals surface area (Å²) in [5.41, 5.74) is 0.566. The number of allylic oxidation sites excluding steroid dienone is 1. The summed E-state index contributed by atoms with van der Waals surface area (Å²) in [5.74, 6) is 0.453. The lowest BCUT2D eigenvalue weighted by Crippen LogP contribution is -2.28. The standard InChI is InChI=1S/C23H23ClO5S/c1-14(25)15-3-5-16(6-4-15)23(27)29-20-10-8-18(28-2)13-17(20)7-9-19(26)21-11-12-22(24)30-21/h7-13,15-16H,3-6H2,1-2H3/b9-7+. The molecule has 1 aliphatic rings. The van der Waals surface area contributed by atoms with Gasteiger partial charge in [0.2, 0.25) is 0 Å². The predicted molar refractivity (Wildman–Crippen MR) is 117 cm³/mol. The van der Waals surface area contributed by atoms with Crippen LogP contribution in [0.1, 0.15) is 47.8 Å². The highest BCUT2D eigenvalue weighted by Crippen LogP contribution is 2.32. The molecule has 0 amide bonds. The van der Waals surface area contributed by atoms with Gasteiger partial charge in [0.1, 0.15) is 17.3 Å². The highest BCUT2D eigenvalue weighted by atomic mass is 35.5. The number of rotatable bonds is 7. The van der Waals surface area contributed by atoms with E-state index < -0.39 is 0 Å². The summed E-state index contributed by atoms with van der Waals surface area (Å²) in [4.78, 5) is 37.1. The van der Waals surface area contributed by atoms with Crippen LogP contribution in [-0.4, -0.2) is 24.6 Å². The molecule has 2 aromatic rings. The molecular weight excluding hydrogens is 424 g/mol. The van der Waals surface area contributed by atoms with E-state index in [0.29, 0.717) is 52.0 Å². The van der Waals surface area contributed by atoms with Crippen LogP contribution in [0.5, 0.6) is 11.5 Å². The molecule has 0 bridgehead atoms. The summed E-state index contributed by atoms with van der Waals surface area (Å²) in [6, 6.07) is 8.41. The molecule has 1 aliphatic carbocycles. The maximum absolute atomic E-state index is 12.7. The second-order valence-electron chi connectivity index (χ2n) is 7.29. The van der Waals surface area contributed by atoms with E-state index in [1.54, 1.807) is 50.4 Å². The number of carbonyl (C=O) groups excluding carboxylic acids is 3. The first-order valence-corrected chi connectivity index (χ1v) is 10.9. The molecule has 1 heterocycles. The van der Waals surface area contributed by atoms with Gasteiger partial charge in [0.25, 0.3) is 0 Å². The third-order valence-corrected chi connectivity index (χ3v) is 6.54. The molecule has 3 rings (SSSR count). The molecule has 0 radical (unpaired) electrons. The van der Waals surface area contributed by atoms with Crippen molar-refractivity contribution in [1.29, 1.82) is 0 Å². The third kappa shape index (κ3) is 5.58. The summed E-state index contributed by atoms with van der Waals surface area (Å²) in [5, 5.41) is 0. The molecular formula is C23H23ClO5S. The number of hydrogen-bond donors (Lipinski definition) is 0. The van der Waals surface area contributed by atoms with E-state index in [0.717, 1.165) is 0 Å².